The number of hydrogen-bond acceptors (Lipinski definition) is 6. The fourth-order valence-electron chi connectivity index (χ4n) is 4.41. The zero-order valence-electron chi connectivity index (χ0n) is 17.6. The number of amides is 1. The summed E-state index contributed by atoms with van der Waals surface area (Å²) in [5, 5.41) is 10.4. The molecule has 2 fully saturated rings. The lowest BCUT2D eigenvalue weighted by atomic mass is 9.91. The van der Waals surface area contributed by atoms with Gasteiger partial charge in [0.1, 0.15) is 11.6 Å². The molecule has 0 saturated carbocycles. The molecule has 2 aliphatic rings. The summed E-state index contributed by atoms with van der Waals surface area (Å²) in [6.45, 7) is 7.52. The Morgan fingerprint density at radius 3 is 2.62 bits per heavy atom. The van der Waals surface area contributed by atoms with E-state index in [2.05, 4.69) is 37.3 Å². The average molecular weight is 398 g/mol. The van der Waals surface area contributed by atoms with Crippen molar-refractivity contribution in [2.45, 2.75) is 45.4 Å². The van der Waals surface area contributed by atoms with Crippen LogP contribution in [0.1, 0.15) is 48.8 Å². The number of piperidine rings is 2. The second-order valence-corrected chi connectivity index (χ2v) is 8.49. The zero-order valence-corrected chi connectivity index (χ0v) is 17.6. The first-order chi connectivity index (χ1) is 14.0. The molecule has 0 radical (unpaired) electrons. The fourth-order valence-corrected chi connectivity index (χ4v) is 4.41. The van der Waals surface area contributed by atoms with Gasteiger partial charge in [-0.15, -0.1) is 0 Å². The maximum atomic E-state index is 13.1. The smallest absolute Gasteiger partial charge is 0.225 e. The zero-order chi connectivity index (χ0) is 20.4. The molecular weight excluding hydrogens is 366 g/mol. The minimum Gasteiger partial charge on any atom is -0.342 e. The van der Waals surface area contributed by atoms with Crippen LogP contribution in [0.25, 0.3) is 0 Å². The van der Waals surface area contributed by atoms with E-state index in [1.165, 1.54) is 0 Å². The quantitative estimate of drug-likeness (QED) is 0.824. The number of nitrogens with zero attached hydrogens (tertiary/aromatic N) is 5. The fraction of sp³-hybridized carbons (Fsp3) is 0.619. The van der Waals surface area contributed by atoms with Gasteiger partial charge in [0.15, 0.2) is 5.82 Å². The molecule has 1 atom stereocenters. The van der Waals surface area contributed by atoms with Gasteiger partial charge in [0.25, 0.3) is 0 Å². The molecule has 2 saturated heterocycles. The summed E-state index contributed by atoms with van der Waals surface area (Å²) in [5.74, 6) is 2.99. The van der Waals surface area contributed by atoms with Crippen molar-refractivity contribution >= 4 is 17.5 Å². The lowest BCUT2D eigenvalue weighted by molar-refractivity contribution is -0.138. The molecule has 2 N–H and O–H groups in total. The summed E-state index contributed by atoms with van der Waals surface area (Å²) in [7, 11) is 2.13. The van der Waals surface area contributed by atoms with Crippen molar-refractivity contribution in [1.82, 2.24) is 30.0 Å². The van der Waals surface area contributed by atoms with Gasteiger partial charge in [-0.1, -0.05) is 0 Å². The van der Waals surface area contributed by atoms with E-state index in [-0.39, 0.29) is 11.8 Å². The van der Waals surface area contributed by atoms with E-state index in [1.54, 1.807) is 0 Å². The number of aryl methyl sites for hydroxylation is 2. The Balaban J connectivity index is 1.45. The van der Waals surface area contributed by atoms with Crippen molar-refractivity contribution < 1.29 is 4.79 Å². The number of aromatic nitrogens is 4. The second-order valence-electron chi connectivity index (χ2n) is 8.49. The number of H-pyrrole nitrogens is 1. The van der Waals surface area contributed by atoms with Gasteiger partial charge < -0.3 is 15.1 Å². The minimum atomic E-state index is 0.178. The highest BCUT2D eigenvalue weighted by Crippen LogP contribution is 2.29. The van der Waals surface area contributed by atoms with E-state index < -0.39 is 0 Å². The van der Waals surface area contributed by atoms with Crippen LogP contribution in [0, 0.1) is 19.8 Å². The predicted molar refractivity (Wildman–Crippen MR) is 112 cm³/mol. The van der Waals surface area contributed by atoms with Gasteiger partial charge in [-0.25, -0.2) is 9.97 Å². The van der Waals surface area contributed by atoms with Crippen LogP contribution in [-0.4, -0.2) is 69.1 Å². The summed E-state index contributed by atoms with van der Waals surface area (Å²) in [6, 6.07) is 3.95. The minimum absolute atomic E-state index is 0.178. The van der Waals surface area contributed by atoms with Crippen molar-refractivity contribution in [3.8, 4) is 0 Å². The van der Waals surface area contributed by atoms with Gasteiger partial charge >= 0.3 is 0 Å². The topological polar surface area (TPSA) is 90.0 Å². The van der Waals surface area contributed by atoms with Crippen molar-refractivity contribution in [3.05, 3.63) is 29.3 Å². The molecule has 0 spiro atoms. The van der Waals surface area contributed by atoms with Crippen molar-refractivity contribution in [2.24, 2.45) is 5.92 Å². The highest BCUT2D eigenvalue weighted by atomic mass is 16.2. The molecule has 8 heteroatoms. The van der Waals surface area contributed by atoms with E-state index in [1.807, 2.05) is 26.0 Å². The van der Waals surface area contributed by atoms with Gasteiger partial charge in [0, 0.05) is 42.8 Å². The molecule has 156 valence electrons. The van der Waals surface area contributed by atoms with Crippen molar-refractivity contribution in [2.75, 3.05) is 38.5 Å². The number of carbonyl (C=O) groups is 1. The summed E-state index contributed by atoms with van der Waals surface area (Å²) in [5.41, 5.74) is 2.00. The maximum Gasteiger partial charge on any atom is 0.225 e. The van der Waals surface area contributed by atoms with Crippen molar-refractivity contribution in [3.63, 3.8) is 0 Å². The molecule has 1 amide bonds. The molecule has 0 aromatic carbocycles. The lowest BCUT2D eigenvalue weighted by Gasteiger charge is -2.37. The first kappa shape index (κ1) is 19.8. The highest BCUT2D eigenvalue weighted by Gasteiger charge is 2.31. The Hall–Kier alpha value is -2.48. The molecular formula is C21H31N7O. The normalized spacial score (nSPS) is 21.3. The molecule has 2 aromatic rings. The number of hydrogen-bond donors (Lipinski definition) is 2. The van der Waals surface area contributed by atoms with Crippen LogP contribution in [-0.2, 0) is 4.79 Å². The summed E-state index contributed by atoms with van der Waals surface area (Å²) in [6.07, 6.45) is 4.02. The Bertz CT molecular complexity index is 856. The van der Waals surface area contributed by atoms with E-state index in [0.717, 1.165) is 80.7 Å². The van der Waals surface area contributed by atoms with Crippen LogP contribution in [0.4, 0.5) is 11.6 Å². The third-order valence-corrected chi connectivity index (χ3v) is 6.04. The molecule has 0 aliphatic carbocycles. The highest BCUT2D eigenvalue weighted by molar-refractivity contribution is 5.79. The summed E-state index contributed by atoms with van der Waals surface area (Å²) in [4.78, 5) is 26.7. The molecule has 8 nitrogen and oxygen atoms in total. The number of anilines is 2. The molecule has 29 heavy (non-hydrogen) atoms. The Labute approximate surface area is 172 Å². The molecule has 4 heterocycles. The van der Waals surface area contributed by atoms with Gasteiger partial charge in [0.05, 0.1) is 5.69 Å². The lowest BCUT2D eigenvalue weighted by Crippen LogP contribution is -2.45. The summed E-state index contributed by atoms with van der Waals surface area (Å²) >= 11 is 0. The molecule has 4 rings (SSSR count). The Kier molecular flexibility index (Phi) is 5.80. The number of likely N-dealkylation sites (tertiary alicyclic amines) is 2. The Morgan fingerprint density at radius 1 is 1.10 bits per heavy atom. The second kappa shape index (κ2) is 8.49. The largest absolute Gasteiger partial charge is 0.342 e. The number of nitrogens with one attached hydrogen (secondary N) is 2. The number of carbonyl (C=O) groups excluding carboxylic acids is 1. The van der Waals surface area contributed by atoms with Gasteiger partial charge in [-0.3, -0.25) is 9.89 Å². The van der Waals surface area contributed by atoms with Crippen LogP contribution in [0.15, 0.2) is 12.1 Å². The standard InChI is InChI=1S/C21H31N7O/c1-14-11-20(26-25-14)24-19-12-18(22-15(2)23-19)17-5-4-8-28(13-17)21(29)16-6-9-27(3)10-7-16/h11-12,16-17H,4-10,13H2,1-3H3,(H2,22,23,24,25,26). The molecule has 0 bridgehead atoms. The first-order valence-electron chi connectivity index (χ1n) is 10.6. The van der Waals surface area contributed by atoms with Crippen LogP contribution in [0.5, 0.6) is 0 Å². The van der Waals surface area contributed by atoms with Gasteiger partial charge in [-0.05, 0) is 59.7 Å². The van der Waals surface area contributed by atoms with Crippen LogP contribution < -0.4 is 5.32 Å². The van der Waals surface area contributed by atoms with E-state index in [4.69, 9.17) is 4.98 Å². The summed E-state index contributed by atoms with van der Waals surface area (Å²) < 4.78 is 0. The monoisotopic (exact) mass is 397 g/mol. The van der Waals surface area contributed by atoms with Gasteiger partial charge in [0.2, 0.25) is 5.91 Å². The molecule has 2 aromatic heterocycles. The first-order valence-corrected chi connectivity index (χ1v) is 10.6. The SMILES string of the molecule is Cc1nc(Nc2cc(C)[nH]n2)cc(C2CCCN(C(=O)C3CCN(C)CC3)C2)n1. The van der Waals surface area contributed by atoms with E-state index >= 15 is 0 Å². The van der Waals surface area contributed by atoms with Crippen molar-refractivity contribution in [1.29, 1.82) is 0 Å². The van der Waals surface area contributed by atoms with E-state index in [0.29, 0.717) is 5.91 Å². The maximum absolute atomic E-state index is 13.1. The molecule has 2 aliphatic heterocycles. The Morgan fingerprint density at radius 2 is 1.90 bits per heavy atom. The van der Waals surface area contributed by atoms with Crippen LogP contribution in [0.3, 0.4) is 0 Å². The average Bonchev–Trinajstić information content (AvgIpc) is 3.12. The van der Waals surface area contributed by atoms with E-state index in [9.17, 15) is 4.79 Å². The van der Waals surface area contributed by atoms with Crippen LogP contribution >= 0.6 is 0 Å². The number of rotatable bonds is 4. The number of aromatic amines is 1. The third kappa shape index (κ3) is 4.75. The third-order valence-electron chi connectivity index (χ3n) is 6.04. The van der Waals surface area contributed by atoms with Gasteiger partial charge in [-0.2, -0.15) is 5.10 Å². The molecule has 1 unspecified atom stereocenters. The van der Waals surface area contributed by atoms with Crippen LogP contribution in [0.2, 0.25) is 0 Å². The predicted octanol–water partition coefficient (Wildman–Crippen LogP) is 2.61.